The van der Waals surface area contributed by atoms with Crippen molar-refractivity contribution in [2.45, 2.75) is 26.3 Å². The van der Waals surface area contributed by atoms with E-state index >= 15 is 0 Å². The monoisotopic (exact) mass is 203 g/mol. The number of carbonyl (C=O) groups is 1. The molecule has 0 aliphatic carbocycles. The van der Waals surface area contributed by atoms with Crippen LogP contribution in [0.3, 0.4) is 0 Å². The number of hydrogen-bond acceptors (Lipinski definition) is 4. The molecule has 0 radical (unpaired) electrons. The number of methoxy groups -OCH3 is 2. The van der Waals surface area contributed by atoms with Gasteiger partial charge in [0, 0.05) is 13.7 Å². The first-order chi connectivity index (χ1) is 6.71. The van der Waals surface area contributed by atoms with E-state index in [9.17, 15) is 4.79 Å². The zero-order valence-electron chi connectivity index (χ0n) is 9.58. The number of ether oxygens (including phenoxy) is 2. The molecule has 0 aromatic rings. The van der Waals surface area contributed by atoms with Crippen molar-refractivity contribution in [2.24, 2.45) is 0 Å². The van der Waals surface area contributed by atoms with Gasteiger partial charge in [-0.15, -0.1) is 0 Å². The van der Waals surface area contributed by atoms with Crippen molar-refractivity contribution in [3.05, 3.63) is 0 Å². The molecule has 0 spiro atoms. The standard InChI is InChI=1S/C10H21NO3/c1-5-11(6-2)9(7-8-13-3)10(12)14-4/h9H,5-8H2,1-4H3. The molecule has 0 amide bonds. The Labute approximate surface area is 86.2 Å². The Morgan fingerprint density at radius 3 is 2.21 bits per heavy atom. The maximum absolute atomic E-state index is 11.5. The van der Waals surface area contributed by atoms with Gasteiger partial charge in [0.05, 0.1) is 7.11 Å². The Hall–Kier alpha value is -0.610. The van der Waals surface area contributed by atoms with E-state index in [0.717, 1.165) is 13.1 Å². The summed E-state index contributed by atoms with van der Waals surface area (Å²) in [7, 11) is 3.06. The molecule has 0 aliphatic rings. The molecule has 0 saturated heterocycles. The second-order valence-electron chi connectivity index (χ2n) is 3.04. The lowest BCUT2D eigenvalue weighted by atomic mass is 10.2. The molecule has 84 valence electrons. The summed E-state index contributed by atoms with van der Waals surface area (Å²) in [6.45, 7) is 6.34. The van der Waals surface area contributed by atoms with Gasteiger partial charge in [-0.1, -0.05) is 13.8 Å². The highest BCUT2D eigenvalue weighted by atomic mass is 16.5. The highest BCUT2D eigenvalue weighted by Crippen LogP contribution is 2.06. The first-order valence-electron chi connectivity index (χ1n) is 5.02. The SMILES string of the molecule is CCN(CC)C(CCOC)C(=O)OC. The number of nitrogens with zero attached hydrogens (tertiary/aromatic N) is 1. The molecule has 0 rings (SSSR count). The molecule has 0 N–H and O–H groups in total. The van der Waals surface area contributed by atoms with Crippen molar-refractivity contribution < 1.29 is 14.3 Å². The van der Waals surface area contributed by atoms with E-state index < -0.39 is 0 Å². The Bertz CT molecular complexity index is 157. The molecule has 0 aromatic carbocycles. The van der Waals surface area contributed by atoms with Crippen LogP contribution in [0.4, 0.5) is 0 Å². The summed E-state index contributed by atoms with van der Waals surface area (Å²) in [5, 5.41) is 0. The van der Waals surface area contributed by atoms with Crippen LogP contribution in [-0.2, 0) is 14.3 Å². The zero-order valence-corrected chi connectivity index (χ0v) is 9.58. The van der Waals surface area contributed by atoms with Crippen LogP contribution in [0.1, 0.15) is 20.3 Å². The number of esters is 1. The number of carbonyl (C=O) groups excluding carboxylic acids is 1. The number of hydrogen-bond donors (Lipinski definition) is 0. The summed E-state index contributed by atoms with van der Waals surface area (Å²) < 4.78 is 9.73. The Morgan fingerprint density at radius 1 is 1.29 bits per heavy atom. The summed E-state index contributed by atoms with van der Waals surface area (Å²) in [6.07, 6.45) is 0.685. The van der Waals surface area contributed by atoms with E-state index in [-0.39, 0.29) is 12.0 Å². The van der Waals surface area contributed by atoms with Gasteiger partial charge in [-0.3, -0.25) is 9.69 Å². The van der Waals surface area contributed by atoms with Crippen LogP contribution < -0.4 is 0 Å². The number of likely N-dealkylation sites (N-methyl/N-ethyl adjacent to an activating group) is 1. The summed E-state index contributed by atoms with van der Waals surface area (Å²) in [6, 6.07) is -0.171. The van der Waals surface area contributed by atoms with Crippen molar-refractivity contribution in [1.29, 1.82) is 0 Å². The molecule has 4 nitrogen and oxygen atoms in total. The Morgan fingerprint density at radius 2 is 1.86 bits per heavy atom. The van der Waals surface area contributed by atoms with Crippen molar-refractivity contribution in [2.75, 3.05) is 33.9 Å². The quantitative estimate of drug-likeness (QED) is 0.576. The van der Waals surface area contributed by atoms with E-state index in [0.29, 0.717) is 13.0 Å². The van der Waals surface area contributed by atoms with Crippen LogP contribution in [-0.4, -0.2) is 50.8 Å². The third-order valence-corrected chi connectivity index (χ3v) is 2.32. The summed E-state index contributed by atoms with van der Waals surface area (Å²) in [4.78, 5) is 13.5. The van der Waals surface area contributed by atoms with Crippen LogP contribution in [0.5, 0.6) is 0 Å². The summed E-state index contributed by atoms with van der Waals surface area (Å²) >= 11 is 0. The van der Waals surface area contributed by atoms with Gasteiger partial charge in [0.15, 0.2) is 0 Å². The molecule has 0 heterocycles. The fraction of sp³-hybridized carbons (Fsp3) is 0.900. The zero-order chi connectivity index (χ0) is 11.0. The van der Waals surface area contributed by atoms with Gasteiger partial charge in [0.1, 0.15) is 6.04 Å². The highest BCUT2D eigenvalue weighted by molar-refractivity contribution is 5.75. The predicted octanol–water partition coefficient (Wildman–Crippen LogP) is 0.906. The van der Waals surface area contributed by atoms with E-state index in [2.05, 4.69) is 4.90 Å². The Kier molecular flexibility index (Phi) is 7.42. The minimum absolute atomic E-state index is 0.171. The second kappa shape index (κ2) is 7.76. The molecular formula is C10H21NO3. The van der Waals surface area contributed by atoms with Crippen LogP contribution in [0.15, 0.2) is 0 Å². The first kappa shape index (κ1) is 13.4. The third-order valence-electron chi connectivity index (χ3n) is 2.32. The molecule has 0 fully saturated rings. The lowest BCUT2D eigenvalue weighted by Crippen LogP contribution is -2.42. The molecule has 4 heteroatoms. The van der Waals surface area contributed by atoms with E-state index in [1.807, 2.05) is 13.8 Å². The van der Waals surface area contributed by atoms with Gasteiger partial charge in [0.2, 0.25) is 0 Å². The van der Waals surface area contributed by atoms with Crippen molar-refractivity contribution in [1.82, 2.24) is 4.90 Å². The smallest absolute Gasteiger partial charge is 0.323 e. The molecular weight excluding hydrogens is 182 g/mol. The molecule has 0 bridgehead atoms. The highest BCUT2D eigenvalue weighted by Gasteiger charge is 2.23. The third kappa shape index (κ3) is 4.07. The number of rotatable bonds is 7. The average Bonchev–Trinajstić information content (AvgIpc) is 2.23. The maximum Gasteiger partial charge on any atom is 0.323 e. The lowest BCUT2D eigenvalue weighted by Gasteiger charge is -2.26. The molecule has 1 atom stereocenters. The minimum atomic E-state index is -0.175. The largest absolute Gasteiger partial charge is 0.468 e. The maximum atomic E-state index is 11.5. The average molecular weight is 203 g/mol. The van der Waals surface area contributed by atoms with Gasteiger partial charge in [-0.25, -0.2) is 0 Å². The van der Waals surface area contributed by atoms with Gasteiger partial charge >= 0.3 is 5.97 Å². The topological polar surface area (TPSA) is 38.8 Å². The predicted molar refractivity (Wildman–Crippen MR) is 55.2 cm³/mol. The van der Waals surface area contributed by atoms with Crippen molar-refractivity contribution in [3.8, 4) is 0 Å². The van der Waals surface area contributed by atoms with Crippen molar-refractivity contribution in [3.63, 3.8) is 0 Å². The van der Waals surface area contributed by atoms with Gasteiger partial charge in [0.25, 0.3) is 0 Å². The molecule has 0 aliphatic heterocycles. The fourth-order valence-electron chi connectivity index (χ4n) is 1.48. The van der Waals surface area contributed by atoms with Gasteiger partial charge in [-0.05, 0) is 19.5 Å². The molecule has 1 unspecified atom stereocenters. The minimum Gasteiger partial charge on any atom is -0.468 e. The van der Waals surface area contributed by atoms with Crippen LogP contribution >= 0.6 is 0 Å². The van der Waals surface area contributed by atoms with E-state index in [4.69, 9.17) is 9.47 Å². The normalized spacial score (nSPS) is 12.9. The first-order valence-corrected chi connectivity index (χ1v) is 5.02. The van der Waals surface area contributed by atoms with Gasteiger partial charge < -0.3 is 9.47 Å². The summed E-state index contributed by atoms with van der Waals surface area (Å²) in [5.74, 6) is -0.175. The van der Waals surface area contributed by atoms with E-state index in [1.54, 1.807) is 7.11 Å². The molecule has 0 aromatic heterocycles. The second-order valence-corrected chi connectivity index (χ2v) is 3.04. The lowest BCUT2D eigenvalue weighted by molar-refractivity contribution is -0.147. The fourth-order valence-corrected chi connectivity index (χ4v) is 1.48. The summed E-state index contributed by atoms with van der Waals surface area (Å²) in [5.41, 5.74) is 0. The molecule has 14 heavy (non-hydrogen) atoms. The Balaban J connectivity index is 4.27. The van der Waals surface area contributed by atoms with Gasteiger partial charge in [-0.2, -0.15) is 0 Å². The van der Waals surface area contributed by atoms with Crippen LogP contribution in [0, 0.1) is 0 Å². The van der Waals surface area contributed by atoms with Crippen molar-refractivity contribution >= 4 is 5.97 Å². The van der Waals surface area contributed by atoms with Crippen LogP contribution in [0.25, 0.3) is 0 Å². The molecule has 0 saturated carbocycles. The van der Waals surface area contributed by atoms with E-state index in [1.165, 1.54) is 7.11 Å². The van der Waals surface area contributed by atoms with Crippen LogP contribution in [0.2, 0.25) is 0 Å².